The van der Waals surface area contributed by atoms with Crippen LogP contribution in [0.15, 0.2) is 46.6 Å². The highest BCUT2D eigenvalue weighted by Gasteiger charge is 2.63. The summed E-state index contributed by atoms with van der Waals surface area (Å²) in [4.78, 5) is 25.7. The quantitative estimate of drug-likeness (QED) is 0.732. The fourth-order valence-corrected chi connectivity index (χ4v) is 5.47. The molecule has 1 N–H and O–H groups in total. The number of ketones is 1. The molecule has 1 saturated carbocycles. The first-order valence-electron chi connectivity index (χ1n) is 8.44. The van der Waals surface area contributed by atoms with Crippen molar-refractivity contribution < 1.29 is 9.90 Å². The molecular formula is C20H17NO3S. The Kier molecular flexibility index (Phi) is 2.82. The van der Waals surface area contributed by atoms with Crippen molar-refractivity contribution in [3.63, 3.8) is 0 Å². The van der Waals surface area contributed by atoms with Crippen LogP contribution < -0.4 is 5.56 Å². The van der Waals surface area contributed by atoms with E-state index in [-0.39, 0.29) is 11.3 Å². The van der Waals surface area contributed by atoms with Crippen molar-refractivity contribution in [3.8, 4) is 11.1 Å². The number of thiophene rings is 1. The summed E-state index contributed by atoms with van der Waals surface area (Å²) in [5, 5.41) is 14.2. The van der Waals surface area contributed by atoms with Crippen LogP contribution in [0.5, 0.6) is 0 Å². The number of carbonyl (C=O) groups is 1. The van der Waals surface area contributed by atoms with Gasteiger partial charge in [0.2, 0.25) is 0 Å². The summed E-state index contributed by atoms with van der Waals surface area (Å²) in [6, 6.07) is 11.9. The van der Waals surface area contributed by atoms with Crippen molar-refractivity contribution in [2.45, 2.75) is 31.9 Å². The molecule has 2 atom stereocenters. The topological polar surface area (TPSA) is 59.3 Å². The minimum atomic E-state index is -1.42. The minimum Gasteiger partial charge on any atom is -0.369 e. The molecule has 3 heterocycles. The maximum absolute atomic E-state index is 13.2. The van der Waals surface area contributed by atoms with Gasteiger partial charge in [-0.15, -0.1) is 11.3 Å². The van der Waals surface area contributed by atoms with Crippen molar-refractivity contribution in [1.29, 1.82) is 0 Å². The van der Waals surface area contributed by atoms with Crippen molar-refractivity contribution in [2.75, 3.05) is 0 Å². The maximum Gasteiger partial charge on any atom is 0.271 e. The van der Waals surface area contributed by atoms with Gasteiger partial charge < -0.3 is 5.11 Å². The van der Waals surface area contributed by atoms with Gasteiger partial charge >= 0.3 is 0 Å². The first-order chi connectivity index (χ1) is 12.0. The Morgan fingerprint density at radius 1 is 1.16 bits per heavy atom. The van der Waals surface area contributed by atoms with Crippen LogP contribution in [0.4, 0.5) is 0 Å². The Morgan fingerprint density at radius 3 is 2.68 bits per heavy atom. The third kappa shape index (κ3) is 1.65. The van der Waals surface area contributed by atoms with Crippen LogP contribution in [0.3, 0.4) is 0 Å². The lowest BCUT2D eigenvalue weighted by Crippen LogP contribution is -2.46. The van der Waals surface area contributed by atoms with E-state index in [0.717, 1.165) is 22.2 Å². The molecule has 25 heavy (non-hydrogen) atoms. The summed E-state index contributed by atoms with van der Waals surface area (Å²) in [5.41, 5.74) is 0.230. The number of hydrogen-bond donors (Lipinski definition) is 1. The fourth-order valence-electron chi connectivity index (χ4n) is 4.65. The number of nitrogens with zero attached hydrogens (tertiary/aromatic N) is 1. The summed E-state index contributed by atoms with van der Waals surface area (Å²) in [6.45, 7) is 1.80. The van der Waals surface area contributed by atoms with Gasteiger partial charge in [0.25, 0.3) is 5.56 Å². The van der Waals surface area contributed by atoms with Crippen LogP contribution in [0.2, 0.25) is 0 Å². The first kappa shape index (κ1) is 15.0. The van der Waals surface area contributed by atoms with Gasteiger partial charge in [0.1, 0.15) is 10.5 Å². The second-order valence-corrected chi connectivity index (χ2v) is 8.16. The molecule has 0 spiro atoms. The lowest BCUT2D eigenvalue weighted by Gasteiger charge is -2.32. The van der Waals surface area contributed by atoms with E-state index in [2.05, 4.69) is 0 Å². The van der Waals surface area contributed by atoms with Gasteiger partial charge in [-0.25, -0.2) is 0 Å². The molecule has 1 aliphatic heterocycles. The van der Waals surface area contributed by atoms with Gasteiger partial charge in [-0.1, -0.05) is 30.3 Å². The van der Waals surface area contributed by atoms with Crippen molar-refractivity contribution in [3.05, 3.63) is 57.8 Å². The first-order valence-corrected chi connectivity index (χ1v) is 9.32. The summed E-state index contributed by atoms with van der Waals surface area (Å²) in [6.07, 6.45) is 1.02. The predicted octanol–water partition coefficient (Wildman–Crippen LogP) is 3.30. The highest BCUT2D eigenvalue weighted by atomic mass is 32.1. The van der Waals surface area contributed by atoms with Gasteiger partial charge in [0.15, 0.2) is 5.72 Å². The molecule has 0 bridgehead atoms. The third-order valence-electron chi connectivity index (χ3n) is 6.04. The molecule has 0 unspecified atom stereocenters. The molecule has 0 saturated heterocycles. The fraction of sp³-hybridized carbons (Fsp3) is 0.300. The molecule has 1 aliphatic carbocycles. The molecule has 3 aromatic rings. The van der Waals surface area contributed by atoms with Crippen LogP contribution >= 0.6 is 11.3 Å². The van der Waals surface area contributed by atoms with E-state index in [1.54, 1.807) is 6.92 Å². The summed E-state index contributed by atoms with van der Waals surface area (Å²) in [5.74, 6) is 0.0421. The van der Waals surface area contributed by atoms with Crippen molar-refractivity contribution >= 4 is 27.2 Å². The molecule has 126 valence electrons. The number of rotatable bonds is 1. The molecule has 2 aromatic heterocycles. The highest BCUT2D eigenvalue weighted by molar-refractivity contribution is 7.17. The smallest absolute Gasteiger partial charge is 0.271 e. The van der Waals surface area contributed by atoms with Crippen LogP contribution in [0.1, 0.15) is 25.5 Å². The average molecular weight is 351 g/mol. The Hall–Kier alpha value is -2.24. The molecule has 5 rings (SSSR count). The van der Waals surface area contributed by atoms with Gasteiger partial charge in [-0.05, 0) is 23.9 Å². The van der Waals surface area contributed by atoms with Crippen LogP contribution in [-0.2, 0) is 16.9 Å². The third-order valence-corrected chi connectivity index (χ3v) is 6.95. The molecular weight excluding hydrogens is 334 g/mol. The zero-order chi connectivity index (χ0) is 17.4. The number of Topliss-reactive ketones (excluding diaryl/α,β-unsaturated/α-hetero) is 1. The van der Waals surface area contributed by atoms with Crippen LogP contribution in [-0.4, -0.2) is 15.5 Å². The summed E-state index contributed by atoms with van der Waals surface area (Å²) >= 11 is 1.39. The normalized spacial score (nSPS) is 27.7. The molecule has 0 radical (unpaired) electrons. The number of pyridine rings is 1. The van der Waals surface area contributed by atoms with Crippen molar-refractivity contribution in [2.24, 2.45) is 5.41 Å². The number of fused-ring (bicyclic) bond motifs is 4. The predicted molar refractivity (Wildman–Crippen MR) is 97.8 cm³/mol. The van der Waals surface area contributed by atoms with E-state index in [1.807, 2.05) is 41.8 Å². The Morgan fingerprint density at radius 2 is 1.92 bits per heavy atom. The van der Waals surface area contributed by atoms with E-state index in [9.17, 15) is 14.7 Å². The van der Waals surface area contributed by atoms with Crippen LogP contribution in [0.25, 0.3) is 21.2 Å². The molecule has 1 aromatic carbocycles. The Labute approximate surface area is 148 Å². The largest absolute Gasteiger partial charge is 0.369 e. The zero-order valence-corrected chi connectivity index (χ0v) is 14.6. The standard InChI is InChI=1S/C20H17NO3S/c1-19-11-14-16(12-5-3-2-4-6-12)13-8-10-25-17(13)18(23)21(14)20(19,24)9-7-15(19)22/h2-6,8,10,24H,7,9,11H2,1H3/t19-,20-/m0/s1. The average Bonchev–Trinajstić information content (AvgIpc) is 3.23. The number of carbonyl (C=O) groups excluding carboxylic acids is 1. The lowest BCUT2D eigenvalue weighted by molar-refractivity contribution is -0.142. The van der Waals surface area contributed by atoms with E-state index in [1.165, 1.54) is 15.9 Å². The number of hydrogen-bond acceptors (Lipinski definition) is 4. The Bertz CT molecular complexity index is 1100. The second kappa shape index (κ2) is 4.68. The molecule has 4 nitrogen and oxygen atoms in total. The lowest BCUT2D eigenvalue weighted by atomic mass is 9.79. The second-order valence-electron chi connectivity index (χ2n) is 7.24. The van der Waals surface area contributed by atoms with Crippen LogP contribution in [0, 0.1) is 5.41 Å². The van der Waals surface area contributed by atoms with Gasteiger partial charge in [-0.2, -0.15) is 0 Å². The van der Waals surface area contributed by atoms with E-state index in [4.69, 9.17) is 0 Å². The maximum atomic E-state index is 13.2. The number of benzene rings is 1. The van der Waals surface area contributed by atoms with Crippen molar-refractivity contribution in [1.82, 2.24) is 4.57 Å². The number of aliphatic hydroxyl groups is 1. The monoisotopic (exact) mass is 351 g/mol. The highest BCUT2D eigenvalue weighted by Crippen LogP contribution is 2.55. The Balaban J connectivity index is 1.95. The molecule has 1 fully saturated rings. The SMILES string of the molecule is C[C@@]12Cc3c(-c4ccccc4)c4ccsc4c(=O)n3[C@]1(O)CCC2=O. The molecule has 0 amide bonds. The summed E-state index contributed by atoms with van der Waals surface area (Å²) in [7, 11) is 0. The number of aromatic nitrogens is 1. The zero-order valence-electron chi connectivity index (χ0n) is 13.8. The van der Waals surface area contributed by atoms with E-state index < -0.39 is 11.1 Å². The van der Waals surface area contributed by atoms with E-state index in [0.29, 0.717) is 24.0 Å². The molecule has 5 heteroatoms. The van der Waals surface area contributed by atoms with Gasteiger partial charge in [0, 0.05) is 35.9 Å². The molecule has 2 aliphatic rings. The van der Waals surface area contributed by atoms with Gasteiger partial charge in [0.05, 0.1) is 5.41 Å². The van der Waals surface area contributed by atoms with Gasteiger partial charge in [-0.3, -0.25) is 14.2 Å². The van der Waals surface area contributed by atoms with E-state index >= 15 is 0 Å². The minimum absolute atomic E-state index is 0.0421. The summed E-state index contributed by atoms with van der Waals surface area (Å²) < 4.78 is 2.17.